The first-order chi connectivity index (χ1) is 13.5. The average molecular weight is 384 g/mol. The molecule has 2 aliphatic rings. The number of rotatable bonds is 5. The van der Waals surface area contributed by atoms with Crippen LogP contribution in [0.4, 0.5) is 4.39 Å². The van der Waals surface area contributed by atoms with Gasteiger partial charge in [0.2, 0.25) is 0 Å². The van der Waals surface area contributed by atoms with Crippen LogP contribution < -0.4 is 9.47 Å². The Morgan fingerprint density at radius 1 is 1.04 bits per heavy atom. The van der Waals surface area contributed by atoms with E-state index < -0.39 is 0 Å². The molecular formula is C23H29FN2O2. The van der Waals surface area contributed by atoms with Crippen molar-refractivity contribution in [3.8, 4) is 11.5 Å². The Morgan fingerprint density at radius 3 is 2.46 bits per heavy atom. The van der Waals surface area contributed by atoms with Crippen LogP contribution >= 0.6 is 0 Å². The van der Waals surface area contributed by atoms with Gasteiger partial charge in [0.15, 0.2) is 11.5 Å². The minimum Gasteiger partial charge on any atom is -0.493 e. The van der Waals surface area contributed by atoms with E-state index in [9.17, 15) is 4.39 Å². The number of aryl methyl sites for hydroxylation is 1. The van der Waals surface area contributed by atoms with Gasteiger partial charge in [0.05, 0.1) is 14.2 Å². The molecule has 0 spiro atoms. The van der Waals surface area contributed by atoms with Gasteiger partial charge in [0, 0.05) is 43.9 Å². The largest absolute Gasteiger partial charge is 0.493 e. The molecule has 2 heterocycles. The molecule has 2 aromatic carbocycles. The third-order valence-corrected chi connectivity index (χ3v) is 6.42. The molecule has 3 atom stereocenters. The Kier molecular flexibility index (Phi) is 5.30. The summed E-state index contributed by atoms with van der Waals surface area (Å²) in [7, 11) is 5.34. The summed E-state index contributed by atoms with van der Waals surface area (Å²) >= 11 is 0. The zero-order valence-corrected chi connectivity index (χ0v) is 17.1. The van der Waals surface area contributed by atoms with Gasteiger partial charge >= 0.3 is 0 Å². The SMILES string of the molecule is COc1cc(F)c(CN2C[C@@H]3CN(C)[C@H](c4ccccc4C)[C@@H]3C2)cc1OC. The van der Waals surface area contributed by atoms with Crippen LogP contribution in [0.15, 0.2) is 36.4 Å². The summed E-state index contributed by atoms with van der Waals surface area (Å²) in [5.41, 5.74) is 3.44. The Balaban J connectivity index is 1.53. The predicted octanol–water partition coefficient (Wildman–Crippen LogP) is 3.89. The van der Waals surface area contributed by atoms with E-state index in [1.54, 1.807) is 13.2 Å². The summed E-state index contributed by atoms with van der Waals surface area (Å²) in [5.74, 6) is 1.98. The summed E-state index contributed by atoms with van der Waals surface area (Å²) in [6, 6.07) is 12.3. The molecule has 0 aromatic heterocycles. The lowest BCUT2D eigenvalue weighted by molar-refractivity contribution is 0.222. The van der Waals surface area contributed by atoms with E-state index >= 15 is 0 Å². The summed E-state index contributed by atoms with van der Waals surface area (Å²) in [6.45, 7) is 5.88. The molecule has 2 aliphatic heterocycles. The Hall–Kier alpha value is -2.11. The molecule has 28 heavy (non-hydrogen) atoms. The zero-order chi connectivity index (χ0) is 19.8. The van der Waals surface area contributed by atoms with E-state index in [1.165, 1.54) is 24.3 Å². The molecule has 0 unspecified atom stereocenters. The minimum atomic E-state index is -0.234. The molecule has 0 radical (unpaired) electrons. The Morgan fingerprint density at radius 2 is 1.75 bits per heavy atom. The van der Waals surface area contributed by atoms with Gasteiger partial charge in [-0.1, -0.05) is 24.3 Å². The Labute approximate surface area is 166 Å². The van der Waals surface area contributed by atoms with Crippen molar-refractivity contribution in [3.05, 3.63) is 58.9 Å². The maximum absolute atomic E-state index is 14.6. The first-order valence-electron chi connectivity index (χ1n) is 9.90. The minimum absolute atomic E-state index is 0.234. The van der Waals surface area contributed by atoms with Gasteiger partial charge in [-0.15, -0.1) is 0 Å². The number of halogens is 1. The first kappa shape index (κ1) is 19.2. The zero-order valence-electron chi connectivity index (χ0n) is 17.1. The number of hydrogen-bond donors (Lipinski definition) is 0. The van der Waals surface area contributed by atoms with Gasteiger partial charge in [0.25, 0.3) is 0 Å². The van der Waals surface area contributed by atoms with Crippen LogP contribution in [-0.2, 0) is 6.54 Å². The van der Waals surface area contributed by atoms with E-state index in [0.29, 0.717) is 41.5 Å². The van der Waals surface area contributed by atoms with Gasteiger partial charge in [0.1, 0.15) is 5.82 Å². The molecule has 5 heteroatoms. The summed E-state index contributed by atoms with van der Waals surface area (Å²) in [4.78, 5) is 4.88. The quantitative estimate of drug-likeness (QED) is 0.781. The van der Waals surface area contributed by atoms with Crippen molar-refractivity contribution in [2.24, 2.45) is 11.8 Å². The number of nitrogens with zero attached hydrogens (tertiary/aromatic N) is 2. The van der Waals surface area contributed by atoms with E-state index in [-0.39, 0.29) is 5.82 Å². The van der Waals surface area contributed by atoms with Crippen LogP contribution in [0.2, 0.25) is 0 Å². The van der Waals surface area contributed by atoms with Gasteiger partial charge < -0.3 is 9.47 Å². The molecule has 2 aromatic rings. The molecule has 0 saturated carbocycles. The van der Waals surface area contributed by atoms with Crippen molar-refractivity contribution < 1.29 is 13.9 Å². The van der Waals surface area contributed by atoms with Crippen LogP contribution in [0.25, 0.3) is 0 Å². The van der Waals surface area contributed by atoms with Gasteiger partial charge in [-0.2, -0.15) is 0 Å². The topological polar surface area (TPSA) is 24.9 Å². The number of methoxy groups -OCH3 is 2. The highest BCUT2D eigenvalue weighted by molar-refractivity contribution is 5.43. The molecular weight excluding hydrogens is 355 g/mol. The van der Waals surface area contributed by atoms with Crippen molar-refractivity contribution in [1.29, 1.82) is 0 Å². The first-order valence-corrected chi connectivity index (χ1v) is 9.90. The molecule has 0 N–H and O–H groups in total. The molecule has 0 amide bonds. The predicted molar refractivity (Wildman–Crippen MR) is 108 cm³/mol. The highest BCUT2D eigenvalue weighted by atomic mass is 19.1. The van der Waals surface area contributed by atoms with Gasteiger partial charge in [-0.05, 0) is 43.0 Å². The number of fused-ring (bicyclic) bond motifs is 1. The van der Waals surface area contributed by atoms with Crippen LogP contribution in [0.5, 0.6) is 11.5 Å². The fraction of sp³-hybridized carbons (Fsp3) is 0.478. The second kappa shape index (κ2) is 7.72. The van der Waals surface area contributed by atoms with E-state index in [1.807, 2.05) is 0 Å². The summed E-state index contributed by atoms with van der Waals surface area (Å²) < 4.78 is 25.1. The molecule has 2 saturated heterocycles. The number of hydrogen-bond acceptors (Lipinski definition) is 4. The van der Waals surface area contributed by atoms with Crippen molar-refractivity contribution >= 4 is 0 Å². The number of likely N-dealkylation sites (tertiary alicyclic amines) is 2. The highest BCUT2D eigenvalue weighted by Crippen LogP contribution is 2.45. The lowest BCUT2D eigenvalue weighted by atomic mass is 9.88. The van der Waals surface area contributed by atoms with Crippen LogP contribution in [0, 0.1) is 24.6 Å². The third kappa shape index (κ3) is 3.38. The molecule has 150 valence electrons. The highest BCUT2D eigenvalue weighted by Gasteiger charge is 2.46. The van der Waals surface area contributed by atoms with E-state index in [2.05, 4.69) is 48.0 Å². The molecule has 0 aliphatic carbocycles. The molecule has 0 bridgehead atoms. The monoisotopic (exact) mass is 384 g/mol. The lowest BCUT2D eigenvalue weighted by Gasteiger charge is -2.28. The maximum atomic E-state index is 14.6. The fourth-order valence-corrected chi connectivity index (χ4v) is 5.12. The van der Waals surface area contributed by atoms with Crippen LogP contribution in [-0.4, -0.2) is 50.7 Å². The van der Waals surface area contributed by atoms with Crippen LogP contribution in [0.1, 0.15) is 22.7 Å². The van der Waals surface area contributed by atoms with Crippen LogP contribution in [0.3, 0.4) is 0 Å². The van der Waals surface area contributed by atoms with E-state index in [0.717, 1.165) is 19.6 Å². The molecule has 2 fully saturated rings. The maximum Gasteiger partial charge on any atom is 0.163 e. The molecule has 4 nitrogen and oxygen atoms in total. The van der Waals surface area contributed by atoms with Crippen molar-refractivity contribution in [1.82, 2.24) is 9.80 Å². The molecule has 4 rings (SSSR count). The van der Waals surface area contributed by atoms with Gasteiger partial charge in [-0.25, -0.2) is 4.39 Å². The summed E-state index contributed by atoms with van der Waals surface area (Å²) in [6.07, 6.45) is 0. The Bertz CT molecular complexity index is 856. The van der Waals surface area contributed by atoms with Crippen molar-refractivity contribution in [3.63, 3.8) is 0 Å². The van der Waals surface area contributed by atoms with Gasteiger partial charge in [-0.3, -0.25) is 9.80 Å². The van der Waals surface area contributed by atoms with Crippen molar-refractivity contribution in [2.45, 2.75) is 19.5 Å². The van der Waals surface area contributed by atoms with E-state index in [4.69, 9.17) is 9.47 Å². The third-order valence-electron chi connectivity index (χ3n) is 6.42. The number of ether oxygens (including phenoxy) is 2. The standard InChI is InChI=1S/C23H29FN2O2/c1-15-7-5-6-8-18(15)23-19-14-26(13-17(19)11-25(23)2)12-16-9-21(27-3)22(28-4)10-20(16)24/h5-10,17,19,23H,11-14H2,1-4H3/t17-,19+,23+/m0/s1. The fourth-order valence-electron chi connectivity index (χ4n) is 5.12. The normalized spacial score (nSPS) is 25.1. The second-order valence-electron chi connectivity index (χ2n) is 8.16. The lowest BCUT2D eigenvalue weighted by Crippen LogP contribution is -2.29. The average Bonchev–Trinajstić information content (AvgIpc) is 3.19. The second-order valence-corrected chi connectivity index (χ2v) is 8.16. The smallest absolute Gasteiger partial charge is 0.163 e. The van der Waals surface area contributed by atoms with Crippen molar-refractivity contribution in [2.75, 3.05) is 40.9 Å². The number of benzene rings is 2. The summed E-state index contributed by atoms with van der Waals surface area (Å²) in [5, 5.41) is 0.